The molecule has 0 amide bonds. The van der Waals surface area contributed by atoms with Gasteiger partial charge in [0.25, 0.3) is 0 Å². The summed E-state index contributed by atoms with van der Waals surface area (Å²) in [6.45, 7) is 9.16. The average molecular weight is 989 g/mol. The largest absolute Gasteiger partial charge is 0.481 e. The summed E-state index contributed by atoms with van der Waals surface area (Å²) >= 11 is 0. The molecular weight excluding hydrogens is 913 g/mol. The van der Waals surface area contributed by atoms with Crippen molar-refractivity contribution in [2.24, 2.45) is 50.2 Å². The van der Waals surface area contributed by atoms with Gasteiger partial charge in [-0.05, 0) is 104 Å². The zero-order valence-corrected chi connectivity index (χ0v) is 40.2. The Labute approximate surface area is 400 Å². The standard InChI is InChI=1S/C48H76O21/c1-42(2)11-13-47(41(61)62)14-12-44(4)21(22(47)15-42)7-8-26-43(3)16-23(51)36(46(6,40(59)60)27(43)9-10-45(26,44)5)69-39-32(56)34(29(53)25(18-50)67-39)68-38-33(57)35(58)48(63,20-65-38)19-64-37-31(55)30(54)28(52)24(17-49)66-37/h7,22-39,49-58,63H,8-20H2,1-6H3,(H,59,60)(H,61,62). The summed E-state index contributed by atoms with van der Waals surface area (Å²) in [5, 5.41) is 141. The van der Waals surface area contributed by atoms with Crippen molar-refractivity contribution in [1.29, 1.82) is 0 Å². The molecule has 0 aromatic carbocycles. The van der Waals surface area contributed by atoms with Crippen molar-refractivity contribution < 1.29 is 104 Å². The molecule has 24 unspecified atom stereocenters. The van der Waals surface area contributed by atoms with Crippen molar-refractivity contribution >= 4 is 11.9 Å². The fourth-order valence-electron chi connectivity index (χ4n) is 15.1. The summed E-state index contributed by atoms with van der Waals surface area (Å²) in [5.74, 6) is -2.83. The zero-order valence-electron chi connectivity index (χ0n) is 40.2. The molecule has 394 valence electrons. The Morgan fingerprint density at radius 3 is 1.97 bits per heavy atom. The molecule has 3 saturated heterocycles. The maximum atomic E-state index is 13.8. The van der Waals surface area contributed by atoms with E-state index in [9.17, 15) is 76.0 Å². The number of hydrogen-bond acceptors (Lipinski definition) is 19. The van der Waals surface area contributed by atoms with Gasteiger partial charge in [0.05, 0.1) is 43.4 Å². The Morgan fingerprint density at radius 1 is 0.696 bits per heavy atom. The number of carboxylic acids is 2. The molecule has 21 nitrogen and oxygen atoms in total. The highest BCUT2D eigenvalue weighted by molar-refractivity contribution is 5.77. The van der Waals surface area contributed by atoms with Gasteiger partial charge in [-0.15, -0.1) is 0 Å². The SMILES string of the molecule is CC1(C)CCC2(C(=O)O)CCC3(C)C(=CCC4C5(C)CC(O)C(OC6OC(CO)C(O)C(OC7OCC(O)(COC8OC(CO)C(O)C(O)C8O)C(O)C7O)C6O)C(C)(C(=O)O)C5CCC43C)C2C1. The maximum Gasteiger partial charge on any atom is 0.312 e. The normalized spacial score (nSPS) is 54.0. The van der Waals surface area contributed by atoms with Crippen LogP contribution in [0.3, 0.4) is 0 Å². The molecule has 3 heterocycles. The van der Waals surface area contributed by atoms with Crippen LogP contribution in [0.15, 0.2) is 11.6 Å². The minimum Gasteiger partial charge on any atom is -0.481 e. The van der Waals surface area contributed by atoms with Crippen LogP contribution in [-0.2, 0) is 38.0 Å². The van der Waals surface area contributed by atoms with E-state index >= 15 is 0 Å². The Hall–Kier alpha value is -2.00. The molecule has 0 spiro atoms. The molecule has 7 fully saturated rings. The van der Waals surface area contributed by atoms with Gasteiger partial charge in [0.2, 0.25) is 0 Å². The summed E-state index contributed by atoms with van der Waals surface area (Å²) < 4.78 is 34.3. The number of hydrogen-bond donors (Lipinski definition) is 13. The molecule has 3 aliphatic heterocycles. The van der Waals surface area contributed by atoms with Crippen LogP contribution in [0.1, 0.15) is 99.3 Å². The van der Waals surface area contributed by atoms with Crippen molar-refractivity contribution in [3.8, 4) is 0 Å². The first-order valence-electron chi connectivity index (χ1n) is 24.5. The lowest BCUT2D eigenvalue weighted by molar-refractivity contribution is -0.375. The topological polar surface area (TPSA) is 353 Å². The summed E-state index contributed by atoms with van der Waals surface area (Å²) in [6, 6.07) is 0. The number of carbonyl (C=O) groups is 2. The molecule has 8 aliphatic rings. The Kier molecular flexibility index (Phi) is 14.2. The second-order valence-electron chi connectivity index (χ2n) is 23.6. The predicted octanol–water partition coefficient (Wildman–Crippen LogP) is -1.26. The van der Waals surface area contributed by atoms with Crippen LogP contribution in [0.5, 0.6) is 0 Å². The first kappa shape index (κ1) is 53.3. The monoisotopic (exact) mass is 988 g/mol. The van der Waals surface area contributed by atoms with Crippen molar-refractivity contribution in [3.05, 3.63) is 11.6 Å². The van der Waals surface area contributed by atoms with Crippen molar-refractivity contribution in [3.63, 3.8) is 0 Å². The first-order valence-corrected chi connectivity index (χ1v) is 24.5. The average Bonchev–Trinajstić information content (AvgIpc) is 3.28. The number of allylic oxidation sites excluding steroid dienone is 2. The number of aliphatic carboxylic acids is 2. The van der Waals surface area contributed by atoms with Crippen LogP contribution in [-0.4, -0.2) is 202 Å². The van der Waals surface area contributed by atoms with Crippen molar-refractivity contribution in [1.82, 2.24) is 0 Å². The summed E-state index contributed by atoms with van der Waals surface area (Å²) in [4.78, 5) is 26.9. The Morgan fingerprint density at radius 2 is 1.33 bits per heavy atom. The highest BCUT2D eigenvalue weighted by Gasteiger charge is 2.73. The lowest BCUT2D eigenvalue weighted by Crippen LogP contribution is -2.70. The molecule has 0 aromatic rings. The molecule has 0 bridgehead atoms. The van der Waals surface area contributed by atoms with Crippen LogP contribution >= 0.6 is 0 Å². The van der Waals surface area contributed by atoms with Gasteiger partial charge in [0.1, 0.15) is 72.7 Å². The number of rotatable bonds is 11. The van der Waals surface area contributed by atoms with E-state index < -0.39 is 158 Å². The smallest absolute Gasteiger partial charge is 0.312 e. The first-order chi connectivity index (χ1) is 32.1. The Bertz CT molecular complexity index is 1950. The molecule has 21 heteroatoms. The fraction of sp³-hybridized carbons (Fsp3) is 0.917. The van der Waals surface area contributed by atoms with Crippen LogP contribution in [0.25, 0.3) is 0 Å². The van der Waals surface area contributed by atoms with E-state index in [0.717, 1.165) is 12.8 Å². The molecule has 0 radical (unpaired) electrons. The van der Waals surface area contributed by atoms with E-state index in [1.165, 1.54) is 12.5 Å². The number of aliphatic hydroxyl groups excluding tert-OH is 10. The van der Waals surface area contributed by atoms with Gasteiger partial charge in [-0.25, -0.2) is 0 Å². The third-order valence-corrected chi connectivity index (χ3v) is 19.5. The van der Waals surface area contributed by atoms with Gasteiger partial charge in [-0.1, -0.05) is 46.3 Å². The van der Waals surface area contributed by atoms with E-state index in [0.29, 0.717) is 38.5 Å². The number of fused-ring (bicyclic) bond motifs is 7. The number of ether oxygens (including phenoxy) is 6. The molecule has 0 aromatic heterocycles. The van der Waals surface area contributed by atoms with Crippen LogP contribution < -0.4 is 0 Å². The van der Waals surface area contributed by atoms with Crippen LogP contribution in [0, 0.1) is 50.2 Å². The third-order valence-electron chi connectivity index (χ3n) is 19.5. The molecule has 8 rings (SSSR count). The quantitative estimate of drug-likeness (QED) is 0.0849. The van der Waals surface area contributed by atoms with Crippen molar-refractivity contribution in [2.45, 2.75) is 197 Å². The maximum absolute atomic E-state index is 13.8. The highest BCUT2D eigenvalue weighted by Crippen LogP contribution is 2.76. The molecular formula is C48H76O21. The van der Waals surface area contributed by atoms with E-state index in [2.05, 4.69) is 33.8 Å². The van der Waals surface area contributed by atoms with E-state index in [4.69, 9.17) is 28.4 Å². The molecule has 69 heavy (non-hydrogen) atoms. The third kappa shape index (κ3) is 8.16. The van der Waals surface area contributed by atoms with Gasteiger partial charge in [-0.3, -0.25) is 9.59 Å². The summed E-state index contributed by atoms with van der Waals surface area (Å²) in [5.41, 5.74) is -5.43. The second-order valence-corrected chi connectivity index (χ2v) is 23.6. The minimum atomic E-state index is -2.42. The number of carboxylic acid groups (broad SMARTS) is 2. The Balaban J connectivity index is 0.996. The highest BCUT2D eigenvalue weighted by atomic mass is 16.7. The lowest BCUT2D eigenvalue weighted by Gasteiger charge is -2.71. The van der Waals surface area contributed by atoms with Gasteiger partial charge in [0, 0.05) is 0 Å². The summed E-state index contributed by atoms with van der Waals surface area (Å²) in [6.07, 6.45) is -19.0. The minimum absolute atomic E-state index is 0.0338. The van der Waals surface area contributed by atoms with Gasteiger partial charge in [0.15, 0.2) is 18.9 Å². The lowest BCUT2D eigenvalue weighted by atomic mass is 9.33. The second kappa shape index (κ2) is 18.4. The van der Waals surface area contributed by atoms with Gasteiger partial charge >= 0.3 is 11.9 Å². The van der Waals surface area contributed by atoms with Crippen LogP contribution in [0.2, 0.25) is 0 Å². The van der Waals surface area contributed by atoms with E-state index in [1.54, 1.807) is 0 Å². The van der Waals surface area contributed by atoms with Gasteiger partial charge in [-0.2, -0.15) is 0 Å². The predicted molar refractivity (Wildman–Crippen MR) is 234 cm³/mol. The molecule has 5 aliphatic carbocycles. The van der Waals surface area contributed by atoms with E-state index in [-0.39, 0.29) is 34.5 Å². The fourth-order valence-corrected chi connectivity index (χ4v) is 15.1. The van der Waals surface area contributed by atoms with Crippen LogP contribution in [0.4, 0.5) is 0 Å². The number of aliphatic hydroxyl groups is 11. The van der Waals surface area contributed by atoms with Gasteiger partial charge < -0.3 is 94.8 Å². The van der Waals surface area contributed by atoms with E-state index in [1.807, 2.05) is 6.92 Å². The molecule has 4 saturated carbocycles. The molecule has 13 N–H and O–H groups in total. The molecule has 24 atom stereocenters. The van der Waals surface area contributed by atoms with Crippen molar-refractivity contribution in [2.75, 3.05) is 26.4 Å². The zero-order chi connectivity index (χ0) is 50.8. The summed E-state index contributed by atoms with van der Waals surface area (Å²) in [7, 11) is 0.